The van der Waals surface area contributed by atoms with Crippen LogP contribution in [-0.2, 0) is 25.5 Å². The second kappa shape index (κ2) is 13.3. The molecule has 0 heterocycles. The van der Waals surface area contributed by atoms with Crippen LogP contribution in [0.1, 0.15) is 12.0 Å². The molecule has 0 aliphatic carbocycles. The number of ether oxygens (including phenoxy) is 2. The average molecular weight is 512 g/mol. The SMILES string of the molecule is O=C(N[C@H](Cc1ccc(-c2ccccc2)c(Cl)c1)C[C@@H](O)C(=O)O)C(=O)OCCOc1ccccc1. The maximum atomic E-state index is 12.4. The van der Waals surface area contributed by atoms with E-state index in [0.717, 1.165) is 11.1 Å². The number of esters is 1. The van der Waals surface area contributed by atoms with Gasteiger partial charge in [-0.05, 0) is 35.7 Å². The van der Waals surface area contributed by atoms with Crippen LogP contribution in [0.5, 0.6) is 5.75 Å². The number of benzene rings is 3. The second-order valence-electron chi connectivity index (χ2n) is 7.94. The maximum Gasteiger partial charge on any atom is 0.396 e. The standard InChI is InChI=1S/C27H26ClNO7/c28-23-16-18(11-12-22(23)19-7-3-1-4-8-19)15-20(17-24(30)26(32)33)29-25(31)27(34)36-14-13-35-21-9-5-2-6-10-21/h1-12,16,20,24,30H,13-15,17H2,(H,29,31)(H,32,33)/t20-,24-/m1/s1. The van der Waals surface area contributed by atoms with Crippen LogP contribution < -0.4 is 10.1 Å². The summed E-state index contributed by atoms with van der Waals surface area (Å²) < 4.78 is 10.3. The van der Waals surface area contributed by atoms with E-state index >= 15 is 0 Å². The quantitative estimate of drug-likeness (QED) is 0.204. The molecule has 1 amide bonds. The predicted octanol–water partition coefficient (Wildman–Crippen LogP) is 3.49. The fourth-order valence-electron chi connectivity index (χ4n) is 3.51. The number of halogens is 1. The molecule has 0 aliphatic rings. The lowest BCUT2D eigenvalue weighted by molar-refractivity contribution is -0.156. The Kier molecular flexibility index (Phi) is 9.85. The summed E-state index contributed by atoms with van der Waals surface area (Å²) in [7, 11) is 0. The summed E-state index contributed by atoms with van der Waals surface area (Å²) in [6.45, 7) is -0.101. The van der Waals surface area contributed by atoms with Gasteiger partial charge >= 0.3 is 17.8 Å². The molecule has 36 heavy (non-hydrogen) atoms. The van der Waals surface area contributed by atoms with E-state index in [-0.39, 0.29) is 26.1 Å². The van der Waals surface area contributed by atoms with Gasteiger partial charge in [0.1, 0.15) is 19.0 Å². The van der Waals surface area contributed by atoms with Crippen LogP contribution in [0.2, 0.25) is 5.02 Å². The zero-order chi connectivity index (χ0) is 25.9. The molecule has 0 saturated carbocycles. The Hall–Kier alpha value is -3.88. The van der Waals surface area contributed by atoms with Crippen molar-refractivity contribution in [2.75, 3.05) is 13.2 Å². The third kappa shape index (κ3) is 8.11. The Morgan fingerprint density at radius 1 is 0.917 bits per heavy atom. The Morgan fingerprint density at radius 3 is 2.22 bits per heavy atom. The maximum absolute atomic E-state index is 12.4. The van der Waals surface area contributed by atoms with Crippen molar-refractivity contribution in [1.29, 1.82) is 0 Å². The highest BCUT2D eigenvalue weighted by Crippen LogP contribution is 2.29. The summed E-state index contributed by atoms with van der Waals surface area (Å²) in [6, 6.07) is 22.9. The number of aliphatic hydroxyl groups excluding tert-OH is 1. The molecule has 8 nitrogen and oxygen atoms in total. The van der Waals surface area contributed by atoms with Crippen molar-refractivity contribution in [1.82, 2.24) is 5.32 Å². The minimum absolute atomic E-state index is 0.0520. The van der Waals surface area contributed by atoms with E-state index in [0.29, 0.717) is 16.3 Å². The van der Waals surface area contributed by atoms with Crippen molar-refractivity contribution in [2.45, 2.75) is 25.0 Å². The molecule has 3 aromatic rings. The molecular formula is C27H26ClNO7. The predicted molar refractivity (Wildman–Crippen MR) is 134 cm³/mol. The van der Waals surface area contributed by atoms with Crippen LogP contribution in [0.25, 0.3) is 11.1 Å². The summed E-state index contributed by atoms with van der Waals surface area (Å²) in [6.07, 6.45) is -1.91. The third-order valence-corrected chi connectivity index (χ3v) is 5.55. The molecule has 9 heteroatoms. The van der Waals surface area contributed by atoms with Gasteiger partial charge in [0.15, 0.2) is 6.10 Å². The average Bonchev–Trinajstić information content (AvgIpc) is 2.87. The number of carbonyl (C=O) groups excluding carboxylic acids is 2. The first-order valence-corrected chi connectivity index (χ1v) is 11.6. The largest absolute Gasteiger partial charge is 0.490 e. The molecule has 0 unspecified atom stereocenters. The van der Waals surface area contributed by atoms with Gasteiger partial charge in [0, 0.05) is 23.0 Å². The number of aliphatic hydroxyl groups is 1. The fourth-order valence-corrected chi connectivity index (χ4v) is 3.82. The van der Waals surface area contributed by atoms with Gasteiger partial charge in [0.2, 0.25) is 0 Å². The van der Waals surface area contributed by atoms with Gasteiger partial charge in [-0.3, -0.25) is 4.79 Å². The van der Waals surface area contributed by atoms with Crippen molar-refractivity contribution in [3.05, 3.63) is 89.4 Å². The minimum Gasteiger partial charge on any atom is -0.490 e. The first kappa shape index (κ1) is 26.7. The van der Waals surface area contributed by atoms with Crippen LogP contribution in [0, 0.1) is 0 Å². The molecule has 0 aliphatic heterocycles. The molecular weight excluding hydrogens is 486 g/mol. The van der Waals surface area contributed by atoms with Gasteiger partial charge in [-0.1, -0.05) is 72.3 Å². The summed E-state index contributed by atoms with van der Waals surface area (Å²) in [5.74, 6) is -3.03. The third-order valence-electron chi connectivity index (χ3n) is 5.24. The van der Waals surface area contributed by atoms with Gasteiger partial charge in [-0.2, -0.15) is 0 Å². The van der Waals surface area contributed by atoms with Gasteiger partial charge in [0.05, 0.1) is 0 Å². The second-order valence-corrected chi connectivity index (χ2v) is 8.35. The molecule has 0 spiro atoms. The first-order valence-electron chi connectivity index (χ1n) is 11.2. The highest BCUT2D eigenvalue weighted by Gasteiger charge is 2.25. The number of aliphatic carboxylic acids is 1. The molecule has 0 saturated heterocycles. The lowest BCUT2D eigenvalue weighted by Gasteiger charge is -2.20. The highest BCUT2D eigenvalue weighted by atomic mass is 35.5. The number of para-hydroxylation sites is 1. The van der Waals surface area contributed by atoms with Crippen molar-refractivity contribution in [3.8, 4) is 16.9 Å². The van der Waals surface area contributed by atoms with Crippen molar-refractivity contribution >= 4 is 29.4 Å². The summed E-state index contributed by atoms with van der Waals surface area (Å²) in [5.41, 5.74) is 2.43. The van der Waals surface area contributed by atoms with E-state index in [1.165, 1.54) is 0 Å². The zero-order valence-corrected chi connectivity index (χ0v) is 20.1. The van der Waals surface area contributed by atoms with Gasteiger partial charge in [0.25, 0.3) is 0 Å². The Labute approximate surface area is 213 Å². The monoisotopic (exact) mass is 511 g/mol. The molecule has 0 fully saturated rings. The van der Waals surface area contributed by atoms with E-state index in [1.54, 1.807) is 36.4 Å². The summed E-state index contributed by atoms with van der Waals surface area (Å²) in [4.78, 5) is 35.7. The molecule has 3 rings (SSSR count). The van der Waals surface area contributed by atoms with Gasteiger partial charge in [-0.25, -0.2) is 9.59 Å². The van der Waals surface area contributed by atoms with Crippen LogP contribution in [0.15, 0.2) is 78.9 Å². The van der Waals surface area contributed by atoms with Crippen LogP contribution >= 0.6 is 11.6 Å². The normalized spacial score (nSPS) is 12.3. The topological polar surface area (TPSA) is 122 Å². The summed E-state index contributed by atoms with van der Waals surface area (Å²) in [5, 5.41) is 21.9. The van der Waals surface area contributed by atoms with E-state index in [1.807, 2.05) is 42.5 Å². The number of hydrogen-bond donors (Lipinski definition) is 3. The molecule has 0 bridgehead atoms. The van der Waals surface area contributed by atoms with Gasteiger partial charge < -0.3 is 25.0 Å². The van der Waals surface area contributed by atoms with E-state index < -0.39 is 30.0 Å². The number of carboxylic acids is 1. The van der Waals surface area contributed by atoms with E-state index in [9.17, 15) is 19.5 Å². The molecule has 3 aromatic carbocycles. The Bertz CT molecular complexity index is 1170. The number of amides is 1. The number of carbonyl (C=O) groups is 3. The zero-order valence-electron chi connectivity index (χ0n) is 19.3. The van der Waals surface area contributed by atoms with Crippen molar-refractivity contribution in [2.24, 2.45) is 0 Å². The number of nitrogens with one attached hydrogen (secondary N) is 1. The van der Waals surface area contributed by atoms with E-state index in [4.69, 9.17) is 26.2 Å². The van der Waals surface area contributed by atoms with Crippen LogP contribution in [-0.4, -0.2) is 53.4 Å². The number of hydrogen-bond acceptors (Lipinski definition) is 6. The number of rotatable bonds is 11. The summed E-state index contributed by atoms with van der Waals surface area (Å²) >= 11 is 6.46. The Morgan fingerprint density at radius 2 is 1.58 bits per heavy atom. The van der Waals surface area contributed by atoms with Crippen molar-refractivity contribution in [3.63, 3.8) is 0 Å². The smallest absolute Gasteiger partial charge is 0.396 e. The molecule has 188 valence electrons. The van der Waals surface area contributed by atoms with Crippen LogP contribution in [0.3, 0.4) is 0 Å². The lowest BCUT2D eigenvalue weighted by atomic mass is 9.97. The fraction of sp³-hybridized carbons (Fsp3) is 0.222. The van der Waals surface area contributed by atoms with E-state index in [2.05, 4.69) is 5.32 Å². The molecule has 3 N–H and O–H groups in total. The van der Waals surface area contributed by atoms with Crippen LogP contribution in [0.4, 0.5) is 0 Å². The van der Waals surface area contributed by atoms with Crippen molar-refractivity contribution < 1.29 is 34.1 Å². The van der Waals surface area contributed by atoms with Gasteiger partial charge in [-0.15, -0.1) is 0 Å². The molecule has 0 aromatic heterocycles. The minimum atomic E-state index is -1.73. The first-order chi connectivity index (χ1) is 17.3. The number of carboxylic acid groups (broad SMARTS) is 1. The highest BCUT2D eigenvalue weighted by molar-refractivity contribution is 6.33. The lowest BCUT2D eigenvalue weighted by Crippen LogP contribution is -2.44. The molecule has 0 radical (unpaired) electrons. The molecule has 2 atom stereocenters. The Balaban J connectivity index is 1.60.